The molecule has 0 amide bonds. The summed E-state index contributed by atoms with van der Waals surface area (Å²) in [6.07, 6.45) is 9.86. The van der Waals surface area contributed by atoms with E-state index in [0.29, 0.717) is 6.04 Å². The molecule has 2 aromatic heterocycles. The van der Waals surface area contributed by atoms with Crippen LogP contribution in [0.3, 0.4) is 0 Å². The molecule has 172 valence electrons. The second kappa shape index (κ2) is 10.3. The zero-order chi connectivity index (χ0) is 22.5. The molecule has 3 N–H and O–H groups in total. The predicted octanol–water partition coefficient (Wildman–Crippen LogP) is 3.47. The summed E-state index contributed by atoms with van der Waals surface area (Å²) in [4.78, 5) is 5.97. The smallest absolute Gasteiger partial charge is 0.123 e. The van der Waals surface area contributed by atoms with Crippen LogP contribution in [0.1, 0.15) is 36.4 Å². The van der Waals surface area contributed by atoms with Gasteiger partial charge in [0.1, 0.15) is 12.7 Å². The maximum atomic E-state index is 10.4. The lowest BCUT2D eigenvalue weighted by Gasteiger charge is -2.40. The van der Waals surface area contributed by atoms with E-state index in [-0.39, 0.29) is 12.6 Å². The molecular weight excluding hydrogens is 412 g/mol. The second-order valence-corrected chi connectivity index (χ2v) is 8.84. The Morgan fingerprint density at radius 1 is 1.06 bits per heavy atom. The second-order valence-electron chi connectivity index (χ2n) is 8.84. The minimum absolute atomic E-state index is 0.0395. The molecule has 7 heteroatoms. The molecule has 2 aromatic carbocycles. The number of fused-ring (bicyclic) bond motifs is 1. The van der Waals surface area contributed by atoms with E-state index in [2.05, 4.69) is 74.1 Å². The van der Waals surface area contributed by atoms with Crippen LogP contribution in [0.15, 0.2) is 67.4 Å². The quantitative estimate of drug-likeness (QED) is 0.368. The number of hydrogen-bond acceptors (Lipinski definition) is 5. The number of aryl methyl sites for hydroxylation is 1. The van der Waals surface area contributed by atoms with Crippen molar-refractivity contribution >= 4 is 10.9 Å². The Bertz CT molecular complexity index is 1130. The largest absolute Gasteiger partial charge is 0.394 e. The third kappa shape index (κ3) is 4.85. The summed E-state index contributed by atoms with van der Waals surface area (Å²) < 4.78 is 1.93. The van der Waals surface area contributed by atoms with E-state index < -0.39 is 0 Å². The van der Waals surface area contributed by atoms with E-state index >= 15 is 0 Å². The van der Waals surface area contributed by atoms with E-state index in [1.807, 2.05) is 10.6 Å². The molecule has 1 unspecified atom stereocenters. The third-order valence-corrected chi connectivity index (χ3v) is 6.87. The molecule has 1 aliphatic heterocycles. The Kier molecular flexibility index (Phi) is 6.81. The molecule has 0 bridgehead atoms. The van der Waals surface area contributed by atoms with Crippen molar-refractivity contribution in [1.82, 2.24) is 30.0 Å². The summed E-state index contributed by atoms with van der Waals surface area (Å²) in [5.41, 5.74) is 4.73. The number of aromatic amines is 1. The molecule has 0 aliphatic carbocycles. The van der Waals surface area contributed by atoms with Crippen LogP contribution in [0.4, 0.5) is 0 Å². The van der Waals surface area contributed by atoms with Crippen molar-refractivity contribution in [2.75, 3.05) is 26.2 Å². The van der Waals surface area contributed by atoms with Crippen LogP contribution in [0.5, 0.6) is 0 Å². The molecule has 5 rings (SSSR count). The number of aliphatic hydroxyl groups is 1. The van der Waals surface area contributed by atoms with Crippen LogP contribution in [-0.4, -0.2) is 62.0 Å². The van der Waals surface area contributed by atoms with Gasteiger partial charge in [-0.15, -0.1) is 10.2 Å². The van der Waals surface area contributed by atoms with Gasteiger partial charge < -0.3 is 15.4 Å². The molecule has 0 spiro atoms. The Balaban J connectivity index is 1.33. The summed E-state index contributed by atoms with van der Waals surface area (Å²) in [5.74, 6) is 0. The molecule has 1 fully saturated rings. The maximum absolute atomic E-state index is 10.4. The minimum atomic E-state index is 0.0395. The van der Waals surface area contributed by atoms with Crippen molar-refractivity contribution in [3.05, 3.63) is 78.5 Å². The summed E-state index contributed by atoms with van der Waals surface area (Å²) in [6.45, 7) is 3.19. The zero-order valence-corrected chi connectivity index (χ0v) is 18.9. The van der Waals surface area contributed by atoms with Crippen molar-refractivity contribution in [3.8, 4) is 5.69 Å². The van der Waals surface area contributed by atoms with Crippen molar-refractivity contribution in [2.45, 2.75) is 37.8 Å². The molecule has 33 heavy (non-hydrogen) atoms. The first-order chi connectivity index (χ1) is 16.3. The Labute approximate surface area is 194 Å². The fraction of sp³-hybridized carbons (Fsp3) is 0.385. The average molecular weight is 445 g/mol. The molecule has 7 nitrogen and oxygen atoms in total. The maximum Gasteiger partial charge on any atom is 0.123 e. The van der Waals surface area contributed by atoms with E-state index in [1.165, 1.54) is 16.5 Å². The number of hydrogen-bond donors (Lipinski definition) is 3. The Morgan fingerprint density at radius 3 is 2.61 bits per heavy atom. The summed E-state index contributed by atoms with van der Waals surface area (Å²) in [5, 5.41) is 22.9. The first kappa shape index (κ1) is 21.8. The standard InChI is InChI=1S/C26H32N6O/c33-17-26(20-5-2-1-3-6-20)32(22-10-12-27-13-11-22)14-4-7-21-16-28-25-9-8-23(15-24(21)25)31-18-29-30-19-31/h1-3,5-6,8-9,15-16,18-19,22,26-28,33H,4,7,10-14,17H2. The van der Waals surface area contributed by atoms with E-state index in [9.17, 15) is 5.11 Å². The van der Waals surface area contributed by atoms with Gasteiger partial charge in [0.2, 0.25) is 0 Å². The fourth-order valence-electron chi connectivity index (χ4n) is 5.13. The monoisotopic (exact) mass is 444 g/mol. The number of nitrogens with one attached hydrogen (secondary N) is 2. The lowest BCUT2D eigenvalue weighted by atomic mass is 9.97. The van der Waals surface area contributed by atoms with Crippen LogP contribution in [0, 0.1) is 0 Å². The van der Waals surface area contributed by atoms with Gasteiger partial charge in [-0.1, -0.05) is 30.3 Å². The number of H-pyrrole nitrogens is 1. The highest BCUT2D eigenvalue weighted by Crippen LogP contribution is 2.28. The van der Waals surface area contributed by atoms with Gasteiger partial charge in [-0.05, 0) is 74.6 Å². The molecular formula is C26H32N6O. The first-order valence-electron chi connectivity index (χ1n) is 11.9. The van der Waals surface area contributed by atoms with Crippen LogP contribution >= 0.6 is 0 Å². The molecule has 4 aromatic rings. The van der Waals surface area contributed by atoms with Crippen LogP contribution in [-0.2, 0) is 6.42 Å². The highest BCUT2D eigenvalue weighted by atomic mass is 16.3. The molecule has 0 saturated carbocycles. The lowest BCUT2D eigenvalue weighted by molar-refractivity contribution is 0.0659. The molecule has 1 saturated heterocycles. The van der Waals surface area contributed by atoms with Crippen LogP contribution in [0.25, 0.3) is 16.6 Å². The van der Waals surface area contributed by atoms with Crippen molar-refractivity contribution < 1.29 is 5.11 Å². The van der Waals surface area contributed by atoms with Gasteiger partial charge in [0.05, 0.1) is 12.6 Å². The van der Waals surface area contributed by atoms with E-state index in [4.69, 9.17) is 0 Å². The van der Waals surface area contributed by atoms with Crippen LogP contribution in [0.2, 0.25) is 0 Å². The van der Waals surface area contributed by atoms with Crippen molar-refractivity contribution in [1.29, 1.82) is 0 Å². The van der Waals surface area contributed by atoms with Gasteiger partial charge in [0, 0.05) is 28.8 Å². The van der Waals surface area contributed by atoms with Gasteiger partial charge in [0.15, 0.2) is 0 Å². The normalized spacial score (nSPS) is 15.9. The zero-order valence-electron chi connectivity index (χ0n) is 18.9. The average Bonchev–Trinajstić information content (AvgIpc) is 3.55. The number of aliphatic hydroxyl groups excluding tert-OH is 1. The Morgan fingerprint density at radius 2 is 1.85 bits per heavy atom. The number of aromatic nitrogens is 4. The SMILES string of the molecule is OCC(c1ccccc1)N(CCCc1c[nH]c2ccc(-n3cnnc3)cc12)C1CCNCC1. The van der Waals surface area contributed by atoms with Gasteiger partial charge in [0.25, 0.3) is 0 Å². The summed E-state index contributed by atoms with van der Waals surface area (Å²) in [6, 6.07) is 17.4. The highest BCUT2D eigenvalue weighted by Gasteiger charge is 2.28. The Hall–Kier alpha value is -3.00. The number of piperidine rings is 1. The van der Waals surface area contributed by atoms with E-state index in [0.717, 1.165) is 56.5 Å². The fourth-order valence-corrected chi connectivity index (χ4v) is 5.13. The van der Waals surface area contributed by atoms with E-state index in [1.54, 1.807) is 12.7 Å². The van der Waals surface area contributed by atoms with Gasteiger partial charge >= 0.3 is 0 Å². The topological polar surface area (TPSA) is 82.0 Å². The molecule has 1 atom stereocenters. The minimum Gasteiger partial charge on any atom is -0.394 e. The van der Waals surface area contributed by atoms with Crippen LogP contribution < -0.4 is 5.32 Å². The molecule has 0 radical (unpaired) electrons. The molecule has 3 heterocycles. The number of nitrogens with zero attached hydrogens (tertiary/aromatic N) is 4. The van der Waals surface area contributed by atoms with Gasteiger partial charge in [-0.3, -0.25) is 9.47 Å². The van der Waals surface area contributed by atoms with Crippen molar-refractivity contribution in [3.63, 3.8) is 0 Å². The summed E-state index contributed by atoms with van der Waals surface area (Å²) >= 11 is 0. The predicted molar refractivity (Wildman–Crippen MR) is 130 cm³/mol. The lowest BCUT2D eigenvalue weighted by Crippen LogP contribution is -2.46. The number of benzene rings is 2. The first-order valence-corrected chi connectivity index (χ1v) is 11.9. The van der Waals surface area contributed by atoms with Gasteiger partial charge in [-0.2, -0.15) is 0 Å². The summed E-state index contributed by atoms with van der Waals surface area (Å²) in [7, 11) is 0. The molecule has 1 aliphatic rings. The highest BCUT2D eigenvalue weighted by molar-refractivity contribution is 5.85. The van der Waals surface area contributed by atoms with Gasteiger partial charge in [-0.25, -0.2) is 0 Å². The van der Waals surface area contributed by atoms with Crippen molar-refractivity contribution in [2.24, 2.45) is 0 Å². The number of rotatable bonds is 9. The third-order valence-electron chi connectivity index (χ3n) is 6.87.